The lowest BCUT2D eigenvalue weighted by atomic mass is 10.2. The van der Waals surface area contributed by atoms with E-state index >= 15 is 0 Å². The molecule has 7 nitrogen and oxygen atoms in total. The number of nitrogen functional groups attached to an aromatic ring is 1. The van der Waals surface area contributed by atoms with Gasteiger partial charge in [0, 0.05) is 6.07 Å². The summed E-state index contributed by atoms with van der Waals surface area (Å²) >= 11 is 0. The molecule has 0 spiro atoms. The Kier molecular flexibility index (Phi) is 7.29. The molecule has 0 saturated carbocycles. The Labute approximate surface area is 152 Å². The fourth-order valence-electron chi connectivity index (χ4n) is 1.86. The molecule has 0 aliphatic heterocycles. The van der Waals surface area contributed by atoms with Crippen LogP contribution in [0.3, 0.4) is 0 Å². The van der Waals surface area contributed by atoms with Crippen LogP contribution < -0.4 is 16.6 Å². The van der Waals surface area contributed by atoms with Gasteiger partial charge in [-0.05, 0) is 18.1 Å². The van der Waals surface area contributed by atoms with Gasteiger partial charge in [-0.3, -0.25) is 10.9 Å². The van der Waals surface area contributed by atoms with E-state index in [-0.39, 0.29) is 5.95 Å². The van der Waals surface area contributed by atoms with Crippen molar-refractivity contribution in [2.45, 2.75) is 6.92 Å². The molecule has 0 aliphatic rings. The van der Waals surface area contributed by atoms with E-state index in [4.69, 9.17) is 5.73 Å². The lowest BCUT2D eigenvalue weighted by Gasteiger charge is -2.04. The van der Waals surface area contributed by atoms with Crippen molar-refractivity contribution in [3.8, 4) is 0 Å². The smallest absolute Gasteiger partial charge is 0.224 e. The zero-order chi connectivity index (χ0) is 18.6. The third-order valence-corrected chi connectivity index (χ3v) is 3.09. The van der Waals surface area contributed by atoms with Crippen LogP contribution in [0.2, 0.25) is 0 Å². The highest BCUT2D eigenvalue weighted by Crippen LogP contribution is 2.12. The van der Waals surface area contributed by atoms with Crippen molar-refractivity contribution in [3.63, 3.8) is 0 Å². The van der Waals surface area contributed by atoms with Gasteiger partial charge in [-0.2, -0.15) is 20.2 Å². The zero-order valence-corrected chi connectivity index (χ0v) is 14.5. The van der Waals surface area contributed by atoms with E-state index in [9.17, 15) is 0 Å². The minimum atomic E-state index is 0.112. The summed E-state index contributed by atoms with van der Waals surface area (Å²) in [6.45, 7) is 5.56. The van der Waals surface area contributed by atoms with Crippen molar-refractivity contribution in [2.75, 3.05) is 16.6 Å². The minimum Gasteiger partial charge on any atom is -0.368 e. The van der Waals surface area contributed by atoms with Gasteiger partial charge in [-0.1, -0.05) is 61.2 Å². The molecule has 1 aromatic heterocycles. The first-order chi connectivity index (χ1) is 12.7. The van der Waals surface area contributed by atoms with E-state index in [1.165, 1.54) is 0 Å². The van der Waals surface area contributed by atoms with Crippen molar-refractivity contribution in [1.82, 2.24) is 9.97 Å². The maximum Gasteiger partial charge on any atom is 0.224 e. The Morgan fingerprint density at radius 2 is 1.81 bits per heavy atom. The maximum absolute atomic E-state index is 5.73. The molecule has 0 fully saturated rings. The summed E-state index contributed by atoms with van der Waals surface area (Å²) in [6.07, 6.45) is 10.7. The lowest BCUT2D eigenvalue weighted by Crippen LogP contribution is -2.03. The third kappa shape index (κ3) is 6.40. The summed E-state index contributed by atoms with van der Waals surface area (Å²) in [5.74, 6) is 1.02. The molecule has 132 valence electrons. The second-order valence-electron chi connectivity index (χ2n) is 5.03. The number of allylic oxidation sites excluding steroid dienone is 5. The highest BCUT2D eigenvalue weighted by atomic mass is 15.3. The van der Waals surface area contributed by atoms with E-state index < -0.39 is 0 Å². The number of hydrazone groups is 2. The van der Waals surface area contributed by atoms with Gasteiger partial charge in [0.1, 0.15) is 0 Å². The molecule has 2 aromatic rings. The Hall–Kier alpha value is -3.74. The molecule has 0 unspecified atom stereocenters. The Morgan fingerprint density at radius 3 is 2.46 bits per heavy atom. The monoisotopic (exact) mass is 347 g/mol. The number of aromatic nitrogens is 2. The molecule has 2 rings (SSSR count). The predicted octanol–water partition coefficient (Wildman–Crippen LogP) is 3.59. The summed E-state index contributed by atoms with van der Waals surface area (Å²) in [5.41, 5.74) is 13.3. The summed E-state index contributed by atoms with van der Waals surface area (Å²) < 4.78 is 0. The van der Waals surface area contributed by atoms with Crippen LogP contribution in [-0.2, 0) is 0 Å². The zero-order valence-electron chi connectivity index (χ0n) is 14.5. The Balaban J connectivity index is 2.01. The number of hydrogen-bond donors (Lipinski definition) is 3. The molecule has 0 bridgehead atoms. The van der Waals surface area contributed by atoms with E-state index in [0.717, 1.165) is 11.1 Å². The number of anilines is 3. The SMILES string of the molecule is C=C\C=C/C(/C=N/Nc1cc(N/N=C/c2ccccc2)nc(N)n1)=C\C. The molecule has 26 heavy (non-hydrogen) atoms. The Morgan fingerprint density at radius 1 is 1.12 bits per heavy atom. The van der Waals surface area contributed by atoms with Gasteiger partial charge in [0.25, 0.3) is 0 Å². The first-order valence-electron chi connectivity index (χ1n) is 7.94. The van der Waals surface area contributed by atoms with Gasteiger partial charge in [0.15, 0.2) is 11.6 Å². The van der Waals surface area contributed by atoms with Gasteiger partial charge in [0.05, 0.1) is 12.4 Å². The normalized spacial score (nSPS) is 12.1. The number of nitrogens with zero attached hydrogens (tertiary/aromatic N) is 4. The van der Waals surface area contributed by atoms with E-state index in [1.807, 2.05) is 55.5 Å². The number of rotatable bonds is 8. The highest BCUT2D eigenvalue weighted by molar-refractivity contribution is 5.82. The molecule has 0 saturated heterocycles. The van der Waals surface area contributed by atoms with Crippen molar-refractivity contribution in [2.24, 2.45) is 10.2 Å². The van der Waals surface area contributed by atoms with Gasteiger partial charge in [0.2, 0.25) is 5.95 Å². The number of benzene rings is 1. The number of hydrogen-bond acceptors (Lipinski definition) is 7. The first-order valence-corrected chi connectivity index (χ1v) is 7.94. The number of nitrogens with one attached hydrogen (secondary N) is 2. The van der Waals surface area contributed by atoms with Crippen LogP contribution in [0.15, 0.2) is 83.1 Å². The quantitative estimate of drug-likeness (QED) is 0.385. The molecule has 0 aliphatic carbocycles. The Bertz CT molecular complexity index is 836. The van der Waals surface area contributed by atoms with Crippen LogP contribution in [0.25, 0.3) is 0 Å². The second-order valence-corrected chi connectivity index (χ2v) is 5.03. The van der Waals surface area contributed by atoms with Crippen molar-refractivity contribution in [3.05, 3.63) is 78.4 Å². The molecule has 4 N–H and O–H groups in total. The molecule has 1 heterocycles. The first kappa shape index (κ1) is 18.6. The number of nitrogens with two attached hydrogens (primary N) is 1. The largest absolute Gasteiger partial charge is 0.368 e. The fourth-order valence-corrected chi connectivity index (χ4v) is 1.86. The van der Waals surface area contributed by atoms with Gasteiger partial charge in [-0.25, -0.2) is 0 Å². The van der Waals surface area contributed by atoms with Crippen LogP contribution in [0, 0.1) is 0 Å². The van der Waals surface area contributed by atoms with E-state index in [0.29, 0.717) is 11.6 Å². The topological polar surface area (TPSA) is 101 Å². The summed E-state index contributed by atoms with van der Waals surface area (Å²) in [6, 6.07) is 11.4. The molecule has 7 heteroatoms. The average molecular weight is 347 g/mol. The van der Waals surface area contributed by atoms with E-state index in [2.05, 4.69) is 37.6 Å². The molecular formula is C19H21N7. The standard InChI is InChI=1S/C19H21N7/c1-3-5-9-15(4-2)13-21-25-17-12-18(24-19(20)23-17)26-22-14-16-10-7-6-8-11-16/h3-14H,1H2,2H3,(H4,20,23,24,25,26)/b9-5-,15-4+,21-13+,22-14+. The molecule has 0 amide bonds. The molecule has 0 radical (unpaired) electrons. The summed E-state index contributed by atoms with van der Waals surface area (Å²) in [7, 11) is 0. The summed E-state index contributed by atoms with van der Waals surface area (Å²) in [5, 5.41) is 8.27. The predicted molar refractivity (Wildman–Crippen MR) is 109 cm³/mol. The van der Waals surface area contributed by atoms with Crippen LogP contribution in [0.1, 0.15) is 12.5 Å². The van der Waals surface area contributed by atoms with Crippen LogP contribution in [-0.4, -0.2) is 22.4 Å². The van der Waals surface area contributed by atoms with Crippen molar-refractivity contribution >= 4 is 30.0 Å². The van der Waals surface area contributed by atoms with Crippen molar-refractivity contribution < 1.29 is 0 Å². The van der Waals surface area contributed by atoms with Gasteiger partial charge in [-0.15, -0.1) is 0 Å². The third-order valence-electron chi connectivity index (χ3n) is 3.09. The van der Waals surface area contributed by atoms with Gasteiger partial charge < -0.3 is 5.73 Å². The van der Waals surface area contributed by atoms with Crippen LogP contribution >= 0.6 is 0 Å². The van der Waals surface area contributed by atoms with Crippen LogP contribution in [0.4, 0.5) is 17.6 Å². The average Bonchev–Trinajstić information content (AvgIpc) is 2.65. The fraction of sp³-hybridized carbons (Fsp3) is 0.0526. The maximum atomic E-state index is 5.73. The second kappa shape index (κ2) is 10.2. The van der Waals surface area contributed by atoms with Crippen molar-refractivity contribution in [1.29, 1.82) is 0 Å². The summed E-state index contributed by atoms with van der Waals surface area (Å²) in [4.78, 5) is 8.16. The minimum absolute atomic E-state index is 0.112. The lowest BCUT2D eigenvalue weighted by molar-refractivity contribution is 1.13. The highest BCUT2D eigenvalue weighted by Gasteiger charge is 2.00. The molecule has 1 aromatic carbocycles. The van der Waals surface area contributed by atoms with E-state index in [1.54, 1.807) is 24.6 Å². The molecule has 0 atom stereocenters. The molecular weight excluding hydrogens is 326 g/mol. The van der Waals surface area contributed by atoms with Gasteiger partial charge >= 0.3 is 0 Å². The van der Waals surface area contributed by atoms with Crippen LogP contribution in [0.5, 0.6) is 0 Å².